The Kier molecular flexibility index (Phi) is 7.71. The van der Waals surface area contributed by atoms with Gasteiger partial charge in [-0.25, -0.2) is 0 Å². The number of amides is 1. The summed E-state index contributed by atoms with van der Waals surface area (Å²) in [6.07, 6.45) is 0.352. The zero-order valence-corrected chi connectivity index (χ0v) is 18.1. The van der Waals surface area contributed by atoms with Crippen LogP contribution in [0.5, 0.6) is 0 Å². The molecule has 1 amide bonds. The van der Waals surface area contributed by atoms with Crippen molar-refractivity contribution in [1.82, 2.24) is 4.90 Å². The molecule has 1 saturated carbocycles. The molecule has 1 unspecified atom stereocenters. The van der Waals surface area contributed by atoms with E-state index in [4.69, 9.17) is 22.6 Å². The van der Waals surface area contributed by atoms with Crippen molar-refractivity contribution in [1.29, 1.82) is 5.26 Å². The number of hydrogen-bond donors (Lipinski definition) is 1. The van der Waals surface area contributed by atoms with E-state index in [1.807, 2.05) is 11.0 Å². The van der Waals surface area contributed by atoms with Crippen molar-refractivity contribution < 1.29 is 18.0 Å². The number of halogens is 4. The molecule has 1 saturated heterocycles. The monoisotopic (exact) mass is 456 g/mol. The summed E-state index contributed by atoms with van der Waals surface area (Å²) in [5, 5.41) is 9.23. The van der Waals surface area contributed by atoms with Crippen molar-refractivity contribution in [2.75, 3.05) is 37.6 Å². The lowest BCUT2D eigenvalue weighted by atomic mass is 9.75. The van der Waals surface area contributed by atoms with Crippen LogP contribution in [0.2, 0.25) is 5.02 Å². The average molecular weight is 457 g/mol. The van der Waals surface area contributed by atoms with Crippen molar-refractivity contribution in [2.24, 2.45) is 23.5 Å². The fourth-order valence-electron chi connectivity index (χ4n) is 4.73. The maximum atomic E-state index is 13.1. The van der Waals surface area contributed by atoms with Gasteiger partial charge in [-0.1, -0.05) is 24.4 Å². The Morgan fingerprint density at radius 2 is 1.81 bits per heavy atom. The number of piperazine rings is 1. The van der Waals surface area contributed by atoms with Gasteiger partial charge in [0.15, 0.2) is 0 Å². The van der Waals surface area contributed by atoms with Gasteiger partial charge in [0.1, 0.15) is 5.92 Å². The first-order valence-corrected chi connectivity index (χ1v) is 11.1. The van der Waals surface area contributed by atoms with E-state index in [-0.39, 0.29) is 10.9 Å². The number of carbonyl (C=O) groups is 1. The van der Waals surface area contributed by atoms with Crippen molar-refractivity contribution in [2.45, 2.75) is 38.3 Å². The zero-order chi connectivity index (χ0) is 22.6. The topological polar surface area (TPSA) is 73.4 Å². The van der Waals surface area contributed by atoms with Crippen LogP contribution in [0.15, 0.2) is 18.2 Å². The number of nitrogens with zero attached hydrogens (tertiary/aromatic N) is 3. The highest BCUT2D eigenvalue weighted by atomic mass is 35.5. The lowest BCUT2D eigenvalue weighted by Gasteiger charge is -2.37. The molecule has 170 valence electrons. The summed E-state index contributed by atoms with van der Waals surface area (Å²) in [4.78, 5) is 15.7. The molecular formula is C22H28ClF3N4O. The number of nitriles is 1. The summed E-state index contributed by atoms with van der Waals surface area (Å²) in [6.45, 7) is 3.85. The van der Waals surface area contributed by atoms with Crippen LogP contribution in [0.25, 0.3) is 0 Å². The van der Waals surface area contributed by atoms with Crippen LogP contribution in [0.3, 0.4) is 0 Å². The molecule has 1 heterocycles. The summed E-state index contributed by atoms with van der Waals surface area (Å²) in [5.74, 6) is -0.561. The third-order valence-electron chi connectivity index (χ3n) is 6.61. The summed E-state index contributed by atoms with van der Waals surface area (Å²) in [5.41, 5.74) is 5.12. The summed E-state index contributed by atoms with van der Waals surface area (Å²) in [7, 11) is 0. The molecule has 0 radical (unpaired) electrons. The lowest BCUT2D eigenvalue weighted by Crippen LogP contribution is -2.47. The number of hydrogen-bond acceptors (Lipinski definition) is 4. The molecule has 0 spiro atoms. The highest BCUT2D eigenvalue weighted by Gasteiger charge is 2.33. The molecule has 2 N–H and O–H groups in total. The number of nitrogens with two attached hydrogens (primary N) is 1. The summed E-state index contributed by atoms with van der Waals surface area (Å²) in [6, 6.07) is 5.76. The predicted molar refractivity (Wildman–Crippen MR) is 113 cm³/mol. The van der Waals surface area contributed by atoms with Crippen LogP contribution in [0.1, 0.15) is 37.7 Å². The number of primary amides is 1. The molecule has 2 fully saturated rings. The minimum absolute atomic E-state index is 0.0709. The number of anilines is 1. The molecule has 31 heavy (non-hydrogen) atoms. The molecule has 5 nitrogen and oxygen atoms in total. The average Bonchev–Trinajstić information content (AvgIpc) is 2.73. The van der Waals surface area contributed by atoms with Gasteiger partial charge in [0.05, 0.1) is 11.6 Å². The minimum Gasteiger partial charge on any atom is -0.369 e. The molecule has 1 aliphatic carbocycles. The largest absolute Gasteiger partial charge is 0.416 e. The highest BCUT2D eigenvalue weighted by molar-refractivity contribution is 6.31. The van der Waals surface area contributed by atoms with Gasteiger partial charge in [-0.3, -0.25) is 9.69 Å². The second kappa shape index (κ2) is 10.1. The van der Waals surface area contributed by atoms with Gasteiger partial charge in [-0.05, 0) is 55.8 Å². The molecule has 0 aromatic heterocycles. The lowest BCUT2D eigenvalue weighted by molar-refractivity contribution is -0.137. The van der Waals surface area contributed by atoms with E-state index in [0.29, 0.717) is 24.7 Å². The Balaban J connectivity index is 1.44. The highest BCUT2D eigenvalue weighted by Crippen LogP contribution is 2.36. The van der Waals surface area contributed by atoms with E-state index >= 15 is 0 Å². The van der Waals surface area contributed by atoms with Crippen molar-refractivity contribution >= 4 is 23.2 Å². The molecule has 9 heteroatoms. The van der Waals surface area contributed by atoms with Crippen LogP contribution >= 0.6 is 11.6 Å². The number of benzene rings is 1. The van der Waals surface area contributed by atoms with Gasteiger partial charge in [-0.2, -0.15) is 18.4 Å². The van der Waals surface area contributed by atoms with E-state index in [0.717, 1.165) is 57.8 Å². The van der Waals surface area contributed by atoms with E-state index in [9.17, 15) is 18.0 Å². The first kappa shape index (κ1) is 23.7. The van der Waals surface area contributed by atoms with Gasteiger partial charge < -0.3 is 10.6 Å². The normalized spacial score (nSPS) is 23.9. The second-order valence-electron chi connectivity index (χ2n) is 8.60. The molecule has 1 aromatic carbocycles. The van der Waals surface area contributed by atoms with Gasteiger partial charge >= 0.3 is 6.18 Å². The molecule has 1 aromatic rings. The van der Waals surface area contributed by atoms with Gasteiger partial charge in [0.2, 0.25) is 5.91 Å². The molecule has 1 aliphatic heterocycles. The zero-order valence-electron chi connectivity index (χ0n) is 17.4. The van der Waals surface area contributed by atoms with E-state index in [1.165, 1.54) is 6.07 Å². The minimum atomic E-state index is -4.41. The number of rotatable bonds is 6. The Morgan fingerprint density at radius 3 is 2.35 bits per heavy atom. The van der Waals surface area contributed by atoms with Crippen LogP contribution < -0.4 is 10.6 Å². The van der Waals surface area contributed by atoms with Crippen molar-refractivity contribution in [3.05, 3.63) is 28.8 Å². The molecule has 0 bridgehead atoms. The Labute approximate surface area is 185 Å². The Bertz CT molecular complexity index is 810. The Morgan fingerprint density at radius 1 is 1.16 bits per heavy atom. The van der Waals surface area contributed by atoms with Crippen LogP contribution in [0.4, 0.5) is 18.9 Å². The third-order valence-corrected chi connectivity index (χ3v) is 6.83. The van der Waals surface area contributed by atoms with E-state index in [1.54, 1.807) is 6.07 Å². The van der Waals surface area contributed by atoms with Crippen LogP contribution in [-0.4, -0.2) is 43.5 Å². The number of carbonyl (C=O) groups excluding carboxylic acids is 1. The van der Waals surface area contributed by atoms with Crippen LogP contribution in [-0.2, 0) is 11.0 Å². The maximum absolute atomic E-state index is 13.1. The molecular weight excluding hydrogens is 429 g/mol. The fraction of sp³-hybridized carbons (Fsp3) is 0.636. The molecule has 3 rings (SSSR count). The van der Waals surface area contributed by atoms with Crippen molar-refractivity contribution in [3.63, 3.8) is 0 Å². The third kappa shape index (κ3) is 6.27. The van der Waals surface area contributed by atoms with Crippen molar-refractivity contribution in [3.8, 4) is 6.07 Å². The van der Waals surface area contributed by atoms with Gasteiger partial charge in [0, 0.05) is 36.9 Å². The first-order chi connectivity index (χ1) is 14.7. The first-order valence-electron chi connectivity index (χ1n) is 10.7. The fourth-order valence-corrected chi connectivity index (χ4v) is 4.96. The van der Waals surface area contributed by atoms with Gasteiger partial charge in [-0.15, -0.1) is 0 Å². The predicted octanol–water partition coefficient (Wildman–Crippen LogP) is 4.30. The molecule has 2 aliphatic rings. The molecule has 1 atom stereocenters. The second-order valence-corrected chi connectivity index (χ2v) is 9.04. The van der Waals surface area contributed by atoms with Gasteiger partial charge in [0.25, 0.3) is 0 Å². The van der Waals surface area contributed by atoms with E-state index in [2.05, 4.69) is 4.90 Å². The SMILES string of the molecule is N#CC(C(N)=O)C1CCC(CCN2CCN(c3cc(Cl)cc(C(F)(F)F)c3)CC2)CC1. The standard InChI is InChI=1S/C22H28ClF3N4O/c23-18-11-17(22(24,25)26)12-19(13-18)30-9-7-29(8-10-30)6-5-15-1-3-16(4-2-15)20(14-27)21(28)31/h11-13,15-16,20H,1-10H2,(H2,28,31). The van der Waals surface area contributed by atoms with Crippen LogP contribution in [0, 0.1) is 29.1 Å². The van der Waals surface area contributed by atoms with E-state index < -0.39 is 23.6 Å². The summed E-state index contributed by atoms with van der Waals surface area (Å²) >= 11 is 5.92. The Hall–Kier alpha value is -1.98. The smallest absolute Gasteiger partial charge is 0.369 e. The quantitative estimate of drug-likeness (QED) is 0.692. The maximum Gasteiger partial charge on any atom is 0.416 e. The summed E-state index contributed by atoms with van der Waals surface area (Å²) < 4.78 is 39.2. The number of alkyl halides is 3.